The van der Waals surface area contributed by atoms with Crippen LogP contribution in [-0.2, 0) is 11.3 Å². The highest BCUT2D eigenvalue weighted by molar-refractivity contribution is 7.22. The highest BCUT2D eigenvalue weighted by atomic mass is 32.1. The van der Waals surface area contributed by atoms with Crippen LogP contribution in [0.4, 0.5) is 5.13 Å². The third kappa shape index (κ3) is 3.46. The first-order chi connectivity index (χ1) is 12.6. The lowest BCUT2D eigenvalue weighted by Crippen LogP contribution is -2.42. The molecule has 1 atom stereocenters. The molecule has 5 nitrogen and oxygen atoms in total. The molecule has 2 aromatic heterocycles. The van der Waals surface area contributed by atoms with Gasteiger partial charge in [0.25, 0.3) is 0 Å². The molecule has 4 rings (SSSR count). The van der Waals surface area contributed by atoms with Gasteiger partial charge in [0.15, 0.2) is 5.13 Å². The van der Waals surface area contributed by atoms with Crippen LogP contribution in [0.15, 0.2) is 34.9 Å². The molecule has 1 saturated heterocycles. The van der Waals surface area contributed by atoms with Crippen LogP contribution in [0.1, 0.15) is 29.7 Å². The summed E-state index contributed by atoms with van der Waals surface area (Å²) in [5, 5.41) is 4.02. The van der Waals surface area contributed by atoms with Gasteiger partial charge in [-0.3, -0.25) is 4.79 Å². The van der Waals surface area contributed by atoms with Crippen LogP contribution in [0.5, 0.6) is 0 Å². The highest BCUT2D eigenvalue weighted by Gasteiger charge is 2.27. The van der Waals surface area contributed by atoms with E-state index in [-0.39, 0.29) is 11.8 Å². The molecule has 3 heterocycles. The van der Waals surface area contributed by atoms with Crippen molar-refractivity contribution in [2.75, 3.05) is 18.0 Å². The first kappa shape index (κ1) is 17.1. The van der Waals surface area contributed by atoms with Gasteiger partial charge in [0.05, 0.1) is 28.9 Å². The number of aromatic nitrogens is 1. The fraction of sp³-hybridized carbons (Fsp3) is 0.400. The van der Waals surface area contributed by atoms with Crippen molar-refractivity contribution in [1.29, 1.82) is 0 Å². The number of fused-ring (bicyclic) bond motifs is 1. The van der Waals surface area contributed by atoms with Gasteiger partial charge in [-0.15, -0.1) is 0 Å². The number of anilines is 1. The summed E-state index contributed by atoms with van der Waals surface area (Å²) < 4.78 is 6.51. The quantitative estimate of drug-likeness (QED) is 0.754. The number of amides is 1. The van der Waals surface area contributed by atoms with Gasteiger partial charge >= 0.3 is 0 Å². The molecule has 0 aliphatic carbocycles. The van der Waals surface area contributed by atoms with E-state index >= 15 is 0 Å². The van der Waals surface area contributed by atoms with E-state index < -0.39 is 0 Å². The van der Waals surface area contributed by atoms with E-state index in [9.17, 15) is 4.79 Å². The number of carbonyl (C=O) groups is 1. The number of hydrogen-bond donors (Lipinski definition) is 1. The van der Waals surface area contributed by atoms with Crippen LogP contribution in [0.25, 0.3) is 10.2 Å². The average Bonchev–Trinajstić information content (AvgIpc) is 3.29. The number of piperidine rings is 1. The highest BCUT2D eigenvalue weighted by Crippen LogP contribution is 2.33. The maximum Gasteiger partial charge on any atom is 0.225 e. The summed E-state index contributed by atoms with van der Waals surface area (Å²) >= 11 is 1.73. The second kappa shape index (κ2) is 7.11. The lowest BCUT2D eigenvalue weighted by molar-refractivity contribution is -0.125. The fourth-order valence-corrected chi connectivity index (χ4v) is 4.77. The predicted octanol–water partition coefficient (Wildman–Crippen LogP) is 4.04. The molecule has 3 aromatic rings. The third-order valence-corrected chi connectivity index (χ3v) is 5.96. The molecule has 26 heavy (non-hydrogen) atoms. The van der Waals surface area contributed by atoms with Crippen molar-refractivity contribution in [3.8, 4) is 0 Å². The molecule has 0 radical (unpaired) electrons. The number of furan rings is 1. The molecule has 1 unspecified atom stereocenters. The van der Waals surface area contributed by atoms with Gasteiger partial charge in [-0.25, -0.2) is 4.98 Å². The van der Waals surface area contributed by atoms with Crippen LogP contribution < -0.4 is 10.2 Å². The average molecular weight is 369 g/mol. The zero-order chi connectivity index (χ0) is 18.1. The van der Waals surface area contributed by atoms with Crippen molar-refractivity contribution in [2.45, 2.75) is 33.2 Å². The van der Waals surface area contributed by atoms with Gasteiger partial charge in [-0.2, -0.15) is 0 Å². The molecule has 1 aromatic carbocycles. The van der Waals surface area contributed by atoms with Gasteiger partial charge in [0.2, 0.25) is 5.91 Å². The normalized spacial score (nSPS) is 17.6. The Morgan fingerprint density at radius 2 is 2.31 bits per heavy atom. The topological polar surface area (TPSA) is 58.4 Å². The Hall–Kier alpha value is -2.34. The summed E-state index contributed by atoms with van der Waals surface area (Å²) in [5.41, 5.74) is 3.56. The molecule has 0 saturated carbocycles. The van der Waals surface area contributed by atoms with Gasteiger partial charge < -0.3 is 14.6 Å². The number of thiazole rings is 1. The van der Waals surface area contributed by atoms with Gasteiger partial charge in [-0.1, -0.05) is 17.4 Å². The third-order valence-electron chi connectivity index (χ3n) is 4.90. The summed E-state index contributed by atoms with van der Waals surface area (Å²) in [6.07, 6.45) is 3.55. The van der Waals surface area contributed by atoms with Crippen LogP contribution >= 0.6 is 11.3 Å². The van der Waals surface area contributed by atoms with Crippen molar-refractivity contribution in [1.82, 2.24) is 10.3 Å². The van der Waals surface area contributed by atoms with Crippen molar-refractivity contribution in [2.24, 2.45) is 5.92 Å². The Morgan fingerprint density at radius 1 is 1.42 bits per heavy atom. The summed E-state index contributed by atoms with van der Waals surface area (Å²) in [6, 6.07) is 8.08. The Balaban J connectivity index is 1.46. The summed E-state index contributed by atoms with van der Waals surface area (Å²) in [5.74, 6) is 0.871. The van der Waals surface area contributed by atoms with E-state index in [1.54, 1.807) is 17.6 Å². The Labute approximate surface area is 157 Å². The molecule has 0 bridgehead atoms. The number of benzene rings is 1. The molecule has 1 aliphatic heterocycles. The zero-order valence-corrected chi connectivity index (χ0v) is 15.9. The van der Waals surface area contributed by atoms with E-state index in [4.69, 9.17) is 9.40 Å². The molecule has 6 heteroatoms. The van der Waals surface area contributed by atoms with Crippen LogP contribution in [0.3, 0.4) is 0 Å². The number of aryl methyl sites for hydroxylation is 2. The minimum absolute atomic E-state index is 0.00597. The lowest BCUT2D eigenvalue weighted by Gasteiger charge is -2.31. The summed E-state index contributed by atoms with van der Waals surface area (Å²) in [4.78, 5) is 19.7. The molecule has 1 N–H and O–H groups in total. The monoisotopic (exact) mass is 369 g/mol. The minimum Gasteiger partial charge on any atom is -0.467 e. The molecule has 0 spiro atoms. The number of nitrogens with zero attached hydrogens (tertiary/aromatic N) is 2. The van der Waals surface area contributed by atoms with E-state index in [1.807, 2.05) is 12.1 Å². The van der Waals surface area contributed by atoms with E-state index in [1.165, 1.54) is 15.8 Å². The molecule has 1 fully saturated rings. The van der Waals surface area contributed by atoms with E-state index in [0.717, 1.165) is 42.3 Å². The van der Waals surface area contributed by atoms with Crippen molar-refractivity contribution >= 4 is 32.6 Å². The Bertz CT molecular complexity index is 917. The Kier molecular flexibility index (Phi) is 4.68. The van der Waals surface area contributed by atoms with Crippen LogP contribution in [0, 0.1) is 19.8 Å². The molecular weight excluding hydrogens is 346 g/mol. The van der Waals surface area contributed by atoms with Crippen molar-refractivity contribution < 1.29 is 9.21 Å². The second-order valence-electron chi connectivity index (χ2n) is 7.01. The standard InChI is InChI=1S/C20H23N3O2S/c1-13-9-14(2)18-17(10-13)26-20(22-18)23-7-3-5-15(12-23)19(24)21-11-16-6-4-8-25-16/h4,6,8-10,15H,3,5,7,11-12H2,1-2H3,(H,21,24). The first-order valence-corrected chi connectivity index (χ1v) is 9.84. The predicted molar refractivity (Wildman–Crippen MR) is 105 cm³/mol. The van der Waals surface area contributed by atoms with Gasteiger partial charge in [-0.05, 0) is 56.0 Å². The summed E-state index contributed by atoms with van der Waals surface area (Å²) in [7, 11) is 0. The minimum atomic E-state index is -0.00597. The molecular formula is C20H23N3O2S. The summed E-state index contributed by atoms with van der Waals surface area (Å²) in [6.45, 7) is 6.36. The van der Waals surface area contributed by atoms with E-state index in [0.29, 0.717) is 6.54 Å². The van der Waals surface area contributed by atoms with Crippen molar-refractivity contribution in [3.63, 3.8) is 0 Å². The van der Waals surface area contributed by atoms with E-state index in [2.05, 4.69) is 36.2 Å². The number of hydrogen-bond acceptors (Lipinski definition) is 5. The maximum absolute atomic E-state index is 12.5. The maximum atomic E-state index is 12.5. The number of nitrogens with one attached hydrogen (secondary N) is 1. The Morgan fingerprint density at radius 3 is 3.12 bits per heavy atom. The molecule has 136 valence electrons. The lowest BCUT2D eigenvalue weighted by atomic mass is 9.97. The largest absolute Gasteiger partial charge is 0.467 e. The molecule has 1 aliphatic rings. The SMILES string of the molecule is Cc1cc(C)c2nc(N3CCCC(C(=O)NCc4ccco4)C3)sc2c1. The number of carbonyl (C=O) groups excluding carboxylic acids is 1. The van der Waals surface area contributed by atoms with Crippen LogP contribution in [0.2, 0.25) is 0 Å². The number of rotatable bonds is 4. The molecule has 1 amide bonds. The van der Waals surface area contributed by atoms with Crippen molar-refractivity contribution in [3.05, 3.63) is 47.4 Å². The second-order valence-corrected chi connectivity index (χ2v) is 8.02. The first-order valence-electron chi connectivity index (χ1n) is 9.03. The fourth-order valence-electron chi connectivity index (χ4n) is 3.59. The smallest absolute Gasteiger partial charge is 0.225 e. The zero-order valence-electron chi connectivity index (χ0n) is 15.1. The van der Waals surface area contributed by atoms with Gasteiger partial charge in [0, 0.05) is 13.1 Å². The van der Waals surface area contributed by atoms with Gasteiger partial charge in [0.1, 0.15) is 5.76 Å². The van der Waals surface area contributed by atoms with Crippen LogP contribution in [-0.4, -0.2) is 24.0 Å².